The number of nitrogen functional groups attached to an aromatic ring is 1. The Balaban J connectivity index is 1.64. The van der Waals surface area contributed by atoms with Gasteiger partial charge in [0.05, 0.1) is 11.4 Å². The fourth-order valence-corrected chi connectivity index (χ4v) is 3.09. The van der Waals surface area contributed by atoms with Gasteiger partial charge in [-0.2, -0.15) is 4.98 Å². The second-order valence-electron chi connectivity index (χ2n) is 6.65. The first-order chi connectivity index (χ1) is 14.0. The molecule has 0 fully saturated rings. The maximum absolute atomic E-state index is 12.2. The van der Waals surface area contributed by atoms with Crippen LogP contribution in [0.5, 0.6) is 0 Å². The quantitative estimate of drug-likeness (QED) is 0.395. The van der Waals surface area contributed by atoms with Crippen LogP contribution >= 0.6 is 0 Å². The van der Waals surface area contributed by atoms with Gasteiger partial charge in [-0.15, -0.1) is 0 Å². The van der Waals surface area contributed by atoms with Gasteiger partial charge in [0, 0.05) is 18.2 Å². The fraction of sp³-hybridized carbons (Fsp3) is 0.250. The lowest BCUT2D eigenvalue weighted by atomic mass is 10.0. The van der Waals surface area contributed by atoms with Crippen LogP contribution in [0, 0.1) is 0 Å². The van der Waals surface area contributed by atoms with Crippen molar-refractivity contribution in [2.75, 3.05) is 5.73 Å². The molecule has 9 heteroatoms. The van der Waals surface area contributed by atoms with Gasteiger partial charge in [0.2, 0.25) is 5.95 Å². The normalized spacial score (nSPS) is 11.9. The number of hydrogen-bond donors (Lipinski definition) is 4. The van der Waals surface area contributed by atoms with Crippen molar-refractivity contribution in [1.82, 2.24) is 20.3 Å². The van der Waals surface area contributed by atoms with Gasteiger partial charge in [-0.25, -0.2) is 0 Å². The molecule has 29 heavy (non-hydrogen) atoms. The third-order valence-electron chi connectivity index (χ3n) is 4.62. The highest BCUT2D eigenvalue weighted by atomic mass is 16.2. The largest absolute Gasteiger partial charge is 0.369 e. The fourth-order valence-electron chi connectivity index (χ4n) is 3.09. The number of aromatic nitrogens is 3. The van der Waals surface area contributed by atoms with E-state index < -0.39 is 6.04 Å². The van der Waals surface area contributed by atoms with Crippen molar-refractivity contribution >= 4 is 35.5 Å². The number of H-pyrrole nitrogens is 2. The summed E-state index contributed by atoms with van der Waals surface area (Å²) in [7, 11) is 0. The Labute approximate surface area is 165 Å². The van der Waals surface area contributed by atoms with E-state index in [1.807, 2.05) is 12.1 Å². The average Bonchev–Trinajstić information content (AvgIpc) is 3.12. The summed E-state index contributed by atoms with van der Waals surface area (Å²) in [4.78, 5) is 55.3. The highest BCUT2D eigenvalue weighted by Crippen LogP contribution is 2.16. The molecule has 1 atom stereocenters. The maximum atomic E-state index is 12.2. The molecule has 0 radical (unpaired) electrons. The number of nitrogens with one attached hydrogen (secondary N) is 3. The van der Waals surface area contributed by atoms with Crippen LogP contribution < -0.4 is 16.6 Å². The van der Waals surface area contributed by atoms with Crippen molar-refractivity contribution in [3.63, 3.8) is 0 Å². The highest BCUT2D eigenvalue weighted by molar-refractivity contribution is 5.95. The minimum atomic E-state index is -0.685. The Morgan fingerprint density at radius 2 is 1.97 bits per heavy atom. The number of rotatable bonds is 9. The standard InChI is InChI=1S/C20H21N5O4/c21-20-24-17-16(19(29)25-20)14(10-22-17)8-5-12-3-6-13(7-4-12)18(28)23-15(11-27)2-1-9-26/h3-4,6-7,9-11,15H,1-2,5,8H2,(H,23,28)(H4,21,22,24,25,29). The molecule has 9 nitrogen and oxygen atoms in total. The van der Waals surface area contributed by atoms with Crippen LogP contribution in [0.1, 0.15) is 34.3 Å². The Kier molecular flexibility index (Phi) is 6.18. The molecule has 3 rings (SSSR count). The molecule has 0 aliphatic rings. The molecule has 0 aliphatic carbocycles. The Bertz CT molecular complexity index is 1080. The van der Waals surface area contributed by atoms with Gasteiger partial charge in [0.15, 0.2) is 0 Å². The molecule has 5 N–H and O–H groups in total. The van der Waals surface area contributed by atoms with Crippen LogP contribution in [0.2, 0.25) is 0 Å². The van der Waals surface area contributed by atoms with Crippen molar-refractivity contribution in [2.45, 2.75) is 31.7 Å². The Morgan fingerprint density at radius 1 is 1.21 bits per heavy atom. The van der Waals surface area contributed by atoms with Crippen molar-refractivity contribution < 1.29 is 14.4 Å². The van der Waals surface area contributed by atoms with Crippen molar-refractivity contribution in [3.05, 3.63) is 57.5 Å². The maximum Gasteiger partial charge on any atom is 0.262 e. The van der Waals surface area contributed by atoms with E-state index in [2.05, 4.69) is 20.3 Å². The van der Waals surface area contributed by atoms with Gasteiger partial charge in [0.25, 0.3) is 11.5 Å². The van der Waals surface area contributed by atoms with E-state index >= 15 is 0 Å². The van der Waals surface area contributed by atoms with Gasteiger partial charge in [0.1, 0.15) is 18.2 Å². The summed E-state index contributed by atoms with van der Waals surface area (Å²) in [6.45, 7) is 0. The zero-order chi connectivity index (χ0) is 20.8. The zero-order valence-corrected chi connectivity index (χ0v) is 15.6. The Hall–Kier alpha value is -3.75. The molecular weight excluding hydrogens is 374 g/mol. The van der Waals surface area contributed by atoms with Gasteiger partial charge >= 0.3 is 0 Å². The number of carbonyl (C=O) groups excluding carboxylic acids is 3. The number of nitrogens with zero attached hydrogens (tertiary/aromatic N) is 1. The monoisotopic (exact) mass is 395 g/mol. The lowest BCUT2D eigenvalue weighted by Gasteiger charge is -2.11. The molecule has 1 unspecified atom stereocenters. The second kappa shape index (κ2) is 8.96. The first-order valence-corrected chi connectivity index (χ1v) is 9.16. The molecular formula is C20H21N5O4. The van der Waals surface area contributed by atoms with Crippen molar-refractivity contribution in [2.24, 2.45) is 0 Å². The molecule has 3 aromatic rings. The third kappa shape index (κ3) is 4.75. The van der Waals surface area contributed by atoms with E-state index in [0.29, 0.717) is 42.0 Å². The zero-order valence-electron chi connectivity index (χ0n) is 15.6. The van der Waals surface area contributed by atoms with Gasteiger partial charge < -0.3 is 25.6 Å². The first-order valence-electron chi connectivity index (χ1n) is 9.16. The molecule has 0 saturated carbocycles. The molecule has 1 aromatic carbocycles. The predicted octanol–water partition coefficient (Wildman–Crippen LogP) is 0.895. The number of aldehydes is 2. The van der Waals surface area contributed by atoms with Gasteiger partial charge in [-0.3, -0.25) is 14.6 Å². The summed E-state index contributed by atoms with van der Waals surface area (Å²) in [6, 6.07) is 6.32. The van der Waals surface area contributed by atoms with E-state index in [1.54, 1.807) is 18.3 Å². The molecule has 1 amide bonds. The predicted molar refractivity (Wildman–Crippen MR) is 108 cm³/mol. The number of aromatic amines is 2. The van der Waals surface area contributed by atoms with Crippen molar-refractivity contribution in [1.29, 1.82) is 0 Å². The van der Waals surface area contributed by atoms with E-state index in [4.69, 9.17) is 5.73 Å². The molecule has 0 saturated heterocycles. The molecule has 150 valence electrons. The van der Waals surface area contributed by atoms with E-state index in [1.165, 1.54) is 0 Å². The van der Waals surface area contributed by atoms with E-state index in [9.17, 15) is 19.2 Å². The van der Waals surface area contributed by atoms with Gasteiger partial charge in [-0.05, 0) is 42.5 Å². The number of amides is 1. The molecule has 2 heterocycles. The summed E-state index contributed by atoms with van der Waals surface area (Å²) in [5, 5.41) is 3.09. The van der Waals surface area contributed by atoms with Crippen LogP contribution in [-0.4, -0.2) is 39.5 Å². The van der Waals surface area contributed by atoms with Gasteiger partial charge in [-0.1, -0.05) is 12.1 Å². The number of fused-ring (bicyclic) bond motifs is 1. The second-order valence-corrected chi connectivity index (χ2v) is 6.65. The summed E-state index contributed by atoms with van der Waals surface area (Å²) < 4.78 is 0. The van der Waals surface area contributed by atoms with Crippen LogP contribution in [-0.2, 0) is 22.4 Å². The number of carbonyl (C=O) groups is 3. The molecule has 0 spiro atoms. The third-order valence-corrected chi connectivity index (χ3v) is 4.62. The van der Waals surface area contributed by atoms with Crippen LogP contribution in [0.4, 0.5) is 5.95 Å². The van der Waals surface area contributed by atoms with Crippen LogP contribution in [0.3, 0.4) is 0 Å². The first kappa shape index (κ1) is 20.0. The summed E-state index contributed by atoms with van der Waals surface area (Å²) in [5.74, 6) is -0.306. The lowest BCUT2D eigenvalue weighted by molar-refractivity contribution is -0.110. The topological polar surface area (TPSA) is 151 Å². The molecule has 0 bridgehead atoms. The average molecular weight is 395 g/mol. The number of anilines is 1. The smallest absolute Gasteiger partial charge is 0.262 e. The van der Waals surface area contributed by atoms with E-state index in [-0.39, 0.29) is 30.3 Å². The van der Waals surface area contributed by atoms with Crippen LogP contribution in [0.15, 0.2) is 35.3 Å². The van der Waals surface area contributed by atoms with Crippen LogP contribution in [0.25, 0.3) is 11.0 Å². The van der Waals surface area contributed by atoms with Crippen molar-refractivity contribution in [3.8, 4) is 0 Å². The summed E-state index contributed by atoms with van der Waals surface area (Å²) in [6.07, 6.45) is 4.84. The minimum absolute atomic E-state index is 0.0627. The molecule has 2 aromatic heterocycles. The highest BCUT2D eigenvalue weighted by Gasteiger charge is 2.13. The Morgan fingerprint density at radius 3 is 2.66 bits per heavy atom. The summed E-state index contributed by atoms with van der Waals surface area (Å²) in [5.41, 5.74) is 7.96. The number of aryl methyl sites for hydroxylation is 2. The minimum Gasteiger partial charge on any atom is -0.369 e. The number of benzene rings is 1. The summed E-state index contributed by atoms with van der Waals surface area (Å²) >= 11 is 0. The number of nitrogens with two attached hydrogens (primary N) is 1. The SMILES string of the molecule is Nc1nc2[nH]cc(CCc3ccc(C(=O)NC(C=O)CCC=O)cc3)c2c(=O)[nH]1. The molecule has 0 aliphatic heterocycles. The lowest BCUT2D eigenvalue weighted by Crippen LogP contribution is -2.36. The van der Waals surface area contributed by atoms with E-state index in [0.717, 1.165) is 11.1 Å². The number of hydrogen-bond acceptors (Lipinski definition) is 6.